The van der Waals surface area contributed by atoms with Crippen molar-refractivity contribution in [3.63, 3.8) is 0 Å². The SMILES string of the molecule is COCCc1ccc(C(Br)c2cc(Cl)ccc2C)cc1. The molecule has 0 bridgehead atoms. The van der Waals surface area contributed by atoms with Crippen LogP contribution in [-0.2, 0) is 11.2 Å². The second-order valence-corrected chi connectivity index (χ2v) is 6.20. The van der Waals surface area contributed by atoms with Crippen molar-refractivity contribution in [2.75, 3.05) is 13.7 Å². The number of halogens is 2. The third-order valence-electron chi connectivity index (χ3n) is 3.38. The minimum Gasteiger partial charge on any atom is -0.384 e. The van der Waals surface area contributed by atoms with Crippen LogP contribution in [0.2, 0.25) is 5.02 Å². The highest BCUT2D eigenvalue weighted by Gasteiger charge is 2.13. The first-order valence-electron chi connectivity index (χ1n) is 6.59. The molecular weight excluding hydrogens is 336 g/mol. The maximum absolute atomic E-state index is 6.10. The normalized spacial score (nSPS) is 12.4. The molecule has 0 spiro atoms. The molecule has 0 amide bonds. The number of alkyl halides is 1. The van der Waals surface area contributed by atoms with E-state index in [1.165, 1.54) is 22.3 Å². The first-order chi connectivity index (χ1) is 9.61. The van der Waals surface area contributed by atoms with Gasteiger partial charge in [0.15, 0.2) is 0 Å². The zero-order chi connectivity index (χ0) is 14.5. The van der Waals surface area contributed by atoms with Gasteiger partial charge in [-0.25, -0.2) is 0 Å². The van der Waals surface area contributed by atoms with Gasteiger partial charge in [0.25, 0.3) is 0 Å². The van der Waals surface area contributed by atoms with Gasteiger partial charge in [-0.2, -0.15) is 0 Å². The van der Waals surface area contributed by atoms with Crippen molar-refractivity contribution in [1.82, 2.24) is 0 Å². The van der Waals surface area contributed by atoms with Gasteiger partial charge in [0.05, 0.1) is 11.4 Å². The summed E-state index contributed by atoms with van der Waals surface area (Å²) in [5.74, 6) is 0. The van der Waals surface area contributed by atoms with Crippen LogP contribution in [-0.4, -0.2) is 13.7 Å². The van der Waals surface area contributed by atoms with Gasteiger partial charge in [0.1, 0.15) is 0 Å². The Morgan fingerprint density at radius 3 is 2.50 bits per heavy atom. The van der Waals surface area contributed by atoms with Crippen LogP contribution in [0, 0.1) is 6.92 Å². The van der Waals surface area contributed by atoms with Gasteiger partial charge in [-0.3, -0.25) is 0 Å². The molecule has 1 nitrogen and oxygen atoms in total. The molecule has 0 saturated heterocycles. The average Bonchev–Trinajstić information content (AvgIpc) is 2.47. The molecule has 106 valence electrons. The summed E-state index contributed by atoms with van der Waals surface area (Å²) in [5.41, 5.74) is 4.97. The van der Waals surface area contributed by atoms with E-state index in [2.05, 4.69) is 53.2 Å². The van der Waals surface area contributed by atoms with Crippen LogP contribution in [0.1, 0.15) is 27.1 Å². The lowest BCUT2D eigenvalue weighted by molar-refractivity contribution is 0.202. The van der Waals surface area contributed by atoms with E-state index in [1.54, 1.807) is 7.11 Å². The topological polar surface area (TPSA) is 9.23 Å². The van der Waals surface area contributed by atoms with E-state index in [9.17, 15) is 0 Å². The summed E-state index contributed by atoms with van der Waals surface area (Å²) < 4.78 is 5.10. The molecule has 0 aliphatic heterocycles. The van der Waals surface area contributed by atoms with Gasteiger partial charge < -0.3 is 4.74 Å². The molecule has 3 heteroatoms. The van der Waals surface area contributed by atoms with Crippen LogP contribution in [0.3, 0.4) is 0 Å². The van der Waals surface area contributed by atoms with Crippen LogP contribution in [0.4, 0.5) is 0 Å². The largest absolute Gasteiger partial charge is 0.384 e. The minimum absolute atomic E-state index is 0.165. The van der Waals surface area contributed by atoms with E-state index in [0.29, 0.717) is 0 Å². The lowest BCUT2D eigenvalue weighted by Crippen LogP contribution is -1.98. The number of methoxy groups -OCH3 is 1. The molecule has 0 saturated carbocycles. The highest BCUT2D eigenvalue weighted by Crippen LogP contribution is 2.34. The van der Waals surface area contributed by atoms with Gasteiger partial charge in [0.2, 0.25) is 0 Å². The highest BCUT2D eigenvalue weighted by molar-refractivity contribution is 9.09. The molecule has 0 heterocycles. The van der Waals surface area contributed by atoms with E-state index >= 15 is 0 Å². The Balaban J connectivity index is 2.20. The van der Waals surface area contributed by atoms with Crippen LogP contribution in [0.25, 0.3) is 0 Å². The molecule has 1 unspecified atom stereocenters. The number of aryl methyl sites for hydroxylation is 1. The first kappa shape index (κ1) is 15.6. The molecule has 0 aliphatic carbocycles. The second kappa shape index (κ2) is 7.26. The molecule has 2 aromatic rings. The van der Waals surface area contributed by atoms with Gasteiger partial charge >= 0.3 is 0 Å². The number of hydrogen-bond donors (Lipinski definition) is 0. The van der Waals surface area contributed by atoms with Gasteiger partial charge in [-0.1, -0.05) is 57.9 Å². The Labute approximate surface area is 134 Å². The zero-order valence-corrected chi connectivity index (χ0v) is 14.0. The maximum atomic E-state index is 6.10. The molecule has 0 radical (unpaired) electrons. The molecule has 0 aromatic heterocycles. The summed E-state index contributed by atoms with van der Waals surface area (Å²) in [6.45, 7) is 2.86. The van der Waals surface area contributed by atoms with E-state index < -0.39 is 0 Å². The minimum atomic E-state index is 0.165. The Morgan fingerprint density at radius 1 is 1.15 bits per heavy atom. The molecule has 0 aliphatic rings. The summed E-state index contributed by atoms with van der Waals surface area (Å²) in [6.07, 6.45) is 0.944. The van der Waals surface area contributed by atoms with Gasteiger partial charge in [-0.15, -0.1) is 0 Å². The average molecular weight is 354 g/mol. The van der Waals surface area contributed by atoms with E-state index in [1.807, 2.05) is 12.1 Å². The fourth-order valence-corrected chi connectivity index (χ4v) is 3.12. The zero-order valence-electron chi connectivity index (χ0n) is 11.7. The van der Waals surface area contributed by atoms with E-state index in [0.717, 1.165) is 18.1 Å². The summed E-state index contributed by atoms with van der Waals surface area (Å²) >= 11 is 9.87. The number of ether oxygens (including phenoxy) is 1. The van der Waals surface area contributed by atoms with E-state index in [4.69, 9.17) is 16.3 Å². The fraction of sp³-hybridized carbons (Fsp3) is 0.294. The summed E-state index contributed by atoms with van der Waals surface area (Å²) in [6, 6.07) is 14.6. The molecule has 20 heavy (non-hydrogen) atoms. The Bertz CT molecular complexity index is 566. The Kier molecular flexibility index (Phi) is 5.64. The summed E-state index contributed by atoms with van der Waals surface area (Å²) in [4.78, 5) is 0.165. The van der Waals surface area contributed by atoms with Crippen LogP contribution in [0.5, 0.6) is 0 Å². The summed E-state index contributed by atoms with van der Waals surface area (Å²) in [7, 11) is 1.73. The van der Waals surface area contributed by atoms with Crippen molar-refractivity contribution >= 4 is 27.5 Å². The maximum Gasteiger partial charge on any atom is 0.0647 e. The second-order valence-electron chi connectivity index (χ2n) is 4.85. The van der Waals surface area contributed by atoms with Gasteiger partial charge in [-0.05, 0) is 47.7 Å². The monoisotopic (exact) mass is 352 g/mol. The molecule has 2 rings (SSSR count). The number of benzene rings is 2. The van der Waals surface area contributed by atoms with Crippen molar-refractivity contribution in [3.8, 4) is 0 Å². The molecule has 2 aromatic carbocycles. The van der Waals surface area contributed by atoms with Crippen molar-refractivity contribution in [2.45, 2.75) is 18.2 Å². The summed E-state index contributed by atoms with van der Waals surface area (Å²) in [5, 5.41) is 0.770. The van der Waals surface area contributed by atoms with Gasteiger partial charge in [0, 0.05) is 12.1 Å². The highest BCUT2D eigenvalue weighted by atomic mass is 79.9. The third-order valence-corrected chi connectivity index (χ3v) is 4.64. The number of rotatable bonds is 5. The van der Waals surface area contributed by atoms with Crippen molar-refractivity contribution in [2.24, 2.45) is 0 Å². The predicted molar refractivity (Wildman–Crippen MR) is 89.0 cm³/mol. The first-order valence-corrected chi connectivity index (χ1v) is 7.89. The predicted octanol–water partition coefficient (Wildman–Crippen LogP) is 5.32. The molecule has 0 fully saturated rings. The van der Waals surface area contributed by atoms with Crippen LogP contribution in [0.15, 0.2) is 42.5 Å². The lowest BCUT2D eigenvalue weighted by atomic mass is 9.99. The van der Waals surface area contributed by atoms with Crippen molar-refractivity contribution in [1.29, 1.82) is 0 Å². The molecule has 1 atom stereocenters. The quantitative estimate of drug-likeness (QED) is 0.661. The smallest absolute Gasteiger partial charge is 0.0647 e. The standard InChI is InChI=1S/C17H18BrClO/c1-12-3-8-15(19)11-16(12)17(18)14-6-4-13(5-7-14)9-10-20-2/h3-8,11,17H,9-10H2,1-2H3. The van der Waals surface area contributed by atoms with Crippen LogP contribution >= 0.6 is 27.5 Å². The van der Waals surface area contributed by atoms with Crippen molar-refractivity contribution < 1.29 is 4.74 Å². The lowest BCUT2D eigenvalue weighted by Gasteiger charge is -2.14. The van der Waals surface area contributed by atoms with Crippen LogP contribution < -0.4 is 0 Å². The molecule has 0 N–H and O–H groups in total. The molecular formula is C17H18BrClO. The van der Waals surface area contributed by atoms with E-state index in [-0.39, 0.29) is 4.83 Å². The fourth-order valence-electron chi connectivity index (χ4n) is 2.14. The van der Waals surface area contributed by atoms with Crippen molar-refractivity contribution in [3.05, 3.63) is 69.7 Å². The Morgan fingerprint density at radius 2 is 1.85 bits per heavy atom. The third kappa shape index (κ3) is 3.85. The number of hydrogen-bond acceptors (Lipinski definition) is 1. The Hall–Kier alpha value is -0.830.